The van der Waals surface area contributed by atoms with Gasteiger partial charge in [0, 0.05) is 58.8 Å². The maximum absolute atomic E-state index is 11.4. The molecule has 2 aliphatic rings. The minimum Gasteiger partial charge on any atom is -0.340 e. The normalized spacial score (nSPS) is 29.0. The number of amides is 1. The molecule has 2 saturated heterocycles. The molecule has 122 valence electrons. The van der Waals surface area contributed by atoms with E-state index >= 15 is 0 Å². The van der Waals surface area contributed by atoms with Crippen LogP contribution in [0.1, 0.15) is 13.8 Å². The zero-order chi connectivity index (χ0) is 15.6. The van der Waals surface area contributed by atoms with Crippen LogP contribution >= 0.6 is 0 Å². The van der Waals surface area contributed by atoms with Crippen LogP contribution in [-0.2, 0) is 14.8 Å². The zero-order valence-corrected chi connectivity index (χ0v) is 13.7. The van der Waals surface area contributed by atoms with Crippen molar-refractivity contribution in [2.75, 3.05) is 51.6 Å². The molecular weight excluding hydrogens is 292 g/mol. The van der Waals surface area contributed by atoms with Crippen molar-refractivity contribution in [3.8, 4) is 0 Å². The van der Waals surface area contributed by atoms with Crippen LogP contribution in [0.25, 0.3) is 0 Å². The molecule has 0 radical (unpaired) electrons. The lowest BCUT2D eigenvalue weighted by Crippen LogP contribution is -2.53. The van der Waals surface area contributed by atoms with E-state index < -0.39 is 10.0 Å². The second kappa shape index (κ2) is 6.60. The molecule has 0 aromatic carbocycles. The number of primary sulfonamides is 1. The zero-order valence-electron chi connectivity index (χ0n) is 12.9. The lowest BCUT2D eigenvalue weighted by molar-refractivity contribution is -0.130. The lowest BCUT2D eigenvalue weighted by Gasteiger charge is -2.39. The van der Waals surface area contributed by atoms with Gasteiger partial charge < -0.3 is 9.80 Å². The van der Waals surface area contributed by atoms with Gasteiger partial charge >= 0.3 is 0 Å². The third-order valence-corrected chi connectivity index (χ3v) is 5.32. The molecule has 2 N–H and O–H groups in total. The van der Waals surface area contributed by atoms with Crippen LogP contribution in [-0.4, -0.2) is 86.6 Å². The number of likely N-dealkylation sites (tertiary alicyclic amines) is 1. The van der Waals surface area contributed by atoms with Crippen molar-refractivity contribution in [3.63, 3.8) is 0 Å². The monoisotopic (exact) mass is 318 g/mol. The van der Waals surface area contributed by atoms with Gasteiger partial charge in [-0.05, 0) is 5.92 Å². The molecule has 0 aliphatic carbocycles. The number of carbonyl (C=O) groups excluding carboxylic acids is 1. The van der Waals surface area contributed by atoms with E-state index in [1.54, 1.807) is 6.92 Å². The highest BCUT2D eigenvalue weighted by Gasteiger charge is 2.35. The number of sulfonamides is 1. The first-order valence-electron chi connectivity index (χ1n) is 7.48. The number of rotatable bonds is 4. The molecule has 0 spiro atoms. The topological polar surface area (TPSA) is 86.9 Å². The van der Waals surface area contributed by atoms with E-state index in [0.717, 1.165) is 39.3 Å². The third kappa shape index (κ3) is 4.64. The number of carbonyl (C=O) groups is 1. The van der Waals surface area contributed by atoms with Crippen LogP contribution < -0.4 is 5.14 Å². The van der Waals surface area contributed by atoms with E-state index in [-0.39, 0.29) is 11.7 Å². The molecule has 2 atom stereocenters. The molecule has 0 unspecified atom stereocenters. The molecule has 1 amide bonds. The molecule has 2 rings (SSSR count). The van der Waals surface area contributed by atoms with E-state index in [4.69, 9.17) is 5.14 Å². The summed E-state index contributed by atoms with van der Waals surface area (Å²) in [6.07, 6.45) is 0. The van der Waals surface area contributed by atoms with Gasteiger partial charge in [-0.25, -0.2) is 13.6 Å². The molecule has 2 fully saturated rings. The van der Waals surface area contributed by atoms with Crippen molar-refractivity contribution in [2.24, 2.45) is 11.1 Å². The molecule has 0 bridgehead atoms. The summed E-state index contributed by atoms with van der Waals surface area (Å²) in [5, 5.41) is 5.07. The summed E-state index contributed by atoms with van der Waals surface area (Å²) in [5.41, 5.74) is 0. The van der Waals surface area contributed by atoms with Gasteiger partial charge in [-0.15, -0.1) is 0 Å². The summed E-state index contributed by atoms with van der Waals surface area (Å²) in [6, 6.07) is 0.444. The Morgan fingerprint density at radius 2 is 1.81 bits per heavy atom. The summed E-state index contributed by atoms with van der Waals surface area (Å²) in [5.74, 6) is 0.670. The average molecular weight is 318 g/mol. The summed E-state index contributed by atoms with van der Waals surface area (Å²) in [7, 11) is -3.39. The number of hydrogen-bond donors (Lipinski definition) is 1. The lowest BCUT2D eigenvalue weighted by atomic mass is 10.0. The molecule has 0 aromatic heterocycles. The van der Waals surface area contributed by atoms with Crippen LogP contribution in [0, 0.1) is 5.92 Å². The van der Waals surface area contributed by atoms with Crippen LogP contribution in [0.5, 0.6) is 0 Å². The van der Waals surface area contributed by atoms with Crippen LogP contribution in [0.2, 0.25) is 0 Å². The van der Waals surface area contributed by atoms with Gasteiger partial charge in [0.2, 0.25) is 15.9 Å². The van der Waals surface area contributed by atoms with E-state index in [2.05, 4.69) is 16.7 Å². The van der Waals surface area contributed by atoms with Crippen molar-refractivity contribution in [3.05, 3.63) is 0 Å². The number of hydrogen-bond acceptors (Lipinski definition) is 5. The Morgan fingerprint density at radius 1 is 1.19 bits per heavy atom. The molecule has 7 nitrogen and oxygen atoms in total. The largest absolute Gasteiger partial charge is 0.340 e. The second-order valence-electron chi connectivity index (χ2n) is 6.21. The highest BCUT2D eigenvalue weighted by Crippen LogP contribution is 2.22. The van der Waals surface area contributed by atoms with Crippen molar-refractivity contribution >= 4 is 15.9 Å². The maximum atomic E-state index is 11.4. The average Bonchev–Trinajstić information content (AvgIpc) is 2.77. The second-order valence-corrected chi connectivity index (χ2v) is 7.95. The van der Waals surface area contributed by atoms with Crippen molar-refractivity contribution in [1.29, 1.82) is 0 Å². The van der Waals surface area contributed by atoms with Gasteiger partial charge in [-0.2, -0.15) is 0 Å². The van der Waals surface area contributed by atoms with Crippen molar-refractivity contribution < 1.29 is 13.2 Å². The van der Waals surface area contributed by atoms with Gasteiger partial charge in [-0.1, -0.05) is 6.92 Å². The Hall–Kier alpha value is -0.700. The summed E-state index contributed by atoms with van der Waals surface area (Å²) in [4.78, 5) is 17.8. The molecule has 2 heterocycles. The predicted octanol–water partition coefficient (Wildman–Crippen LogP) is -1.24. The highest BCUT2D eigenvalue weighted by atomic mass is 32.2. The Balaban J connectivity index is 1.83. The van der Waals surface area contributed by atoms with Crippen molar-refractivity contribution in [1.82, 2.24) is 14.7 Å². The first-order chi connectivity index (χ1) is 9.76. The number of piperazine rings is 1. The SMILES string of the molecule is CC(=O)N1CCN([C@@H]2CN(CCS(N)(=O)=O)C[C@@H]2C)CC1. The van der Waals surface area contributed by atoms with Crippen LogP contribution in [0.3, 0.4) is 0 Å². The van der Waals surface area contributed by atoms with Gasteiger partial charge in [0.05, 0.1) is 5.75 Å². The Labute approximate surface area is 127 Å². The van der Waals surface area contributed by atoms with Crippen molar-refractivity contribution in [2.45, 2.75) is 19.9 Å². The van der Waals surface area contributed by atoms with Gasteiger partial charge in [0.25, 0.3) is 0 Å². The fourth-order valence-electron chi connectivity index (χ4n) is 3.33. The van der Waals surface area contributed by atoms with E-state index in [0.29, 0.717) is 18.5 Å². The van der Waals surface area contributed by atoms with E-state index in [1.807, 2.05) is 4.90 Å². The fourth-order valence-corrected chi connectivity index (χ4v) is 3.84. The Bertz CT molecular complexity index is 474. The van der Waals surface area contributed by atoms with E-state index in [1.165, 1.54) is 0 Å². The quantitative estimate of drug-likeness (QED) is 0.700. The van der Waals surface area contributed by atoms with Gasteiger partial charge in [0.15, 0.2) is 0 Å². The fraction of sp³-hybridized carbons (Fsp3) is 0.923. The molecule has 0 saturated carbocycles. The molecule has 0 aromatic rings. The molecule has 2 aliphatic heterocycles. The standard InChI is InChI=1S/C13H26N4O3S/c1-11-9-15(7-8-21(14,19)20)10-13(11)17-5-3-16(4-6-17)12(2)18/h11,13H,3-10H2,1-2H3,(H2,14,19,20)/t11-,13+/m0/s1. The molecule has 8 heteroatoms. The summed E-state index contributed by atoms with van der Waals surface area (Å²) in [6.45, 7) is 9.50. The summed E-state index contributed by atoms with van der Waals surface area (Å²) < 4.78 is 22.1. The Kier molecular flexibility index (Phi) is 5.24. The van der Waals surface area contributed by atoms with Gasteiger partial charge in [0.1, 0.15) is 0 Å². The first kappa shape index (κ1) is 16.7. The minimum absolute atomic E-state index is 0.0184. The molecular formula is C13H26N4O3S. The van der Waals surface area contributed by atoms with Crippen LogP contribution in [0.15, 0.2) is 0 Å². The van der Waals surface area contributed by atoms with E-state index in [9.17, 15) is 13.2 Å². The third-order valence-electron chi connectivity index (χ3n) is 4.57. The first-order valence-corrected chi connectivity index (χ1v) is 9.20. The highest BCUT2D eigenvalue weighted by molar-refractivity contribution is 7.89. The summed E-state index contributed by atoms with van der Waals surface area (Å²) >= 11 is 0. The Morgan fingerprint density at radius 3 is 2.33 bits per heavy atom. The van der Waals surface area contributed by atoms with Gasteiger partial charge in [-0.3, -0.25) is 9.69 Å². The smallest absolute Gasteiger partial charge is 0.219 e. The minimum atomic E-state index is -3.39. The number of nitrogens with two attached hydrogens (primary N) is 1. The van der Waals surface area contributed by atoms with Crippen LogP contribution in [0.4, 0.5) is 0 Å². The number of nitrogens with zero attached hydrogens (tertiary/aromatic N) is 3. The maximum Gasteiger partial charge on any atom is 0.219 e. The predicted molar refractivity (Wildman–Crippen MR) is 81.2 cm³/mol. The molecule has 21 heavy (non-hydrogen) atoms.